The maximum Gasteiger partial charge on any atom is 0.328 e. The summed E-state index contributed by atoms with van der Waals surface area (Å²) < 4.78 is 1.58. The van der Waals surface area contributed by atoms with Gasteiger partial charge in [0.25, 0.3) is 5.91 Å². The molecule has 100 valence electrons. The molecule has 0 aliphatic heterocycles. The predicted molar refractivity (Wildman–Crippen MR) is 66.5 cm³/mol. The summed E-state index contributed by atoms with van der Waals surface area (Å²) in [6.45, 7) is 7.29. The van der Waals surface area contributed by atoms with Crippen LogP contribution in [0.3, 0.4) is 0 Å². The van der Waals surface area contributed by atoms with Gasteiger partial charge in [0.1, 0.15) is 11.2 Å². The molecule has 0 unspecified atom stereocenters. The Bertz CT molecular complexity index is 463. The van der Waals surface area contributed by atoms with Gasteiger partial charge >= 0.3 is 5.97 Å². The van der Waals surface area contributed by atoms with Crippen molar-refractivity contribution in [2.24, 2.45) is 0 Å². The van der Waals surface area contributed by atoms with Gasteiger partial charge < -0.3 is 10.4 Å². The minimum atomic E-state index is -1.30. The summed E-state index contributed by atoms with van der Waals surface area (Å²) >= 11 is 0. The fourth-order valence-electron chi connectivity index (χ4n) is 1.47. The van der Waals surface area contributed by atoms with E-state index in [1.165, 1.54) is 13.8 Å². The molecular weight excluding hydrogens is 234 g/mol. The molecule has 1 amide bonds. The Labute approximate surface area is 106 Å². The highest BCUT2D eigenvalue weighted by molar-refractivity contribution is 5.96. The van der Waals surface area contributed by atoms with Crippen molar-refractivity contribution in [2.75, 3.05) is 0 Å². The molecular formula is C12H19N3O3. The lowest BCUT2D eigenvalue weighted by Crippen LogP contribution is -2.50. The van der Waals surface area contributed by atoms with E-state index >= 15 is 0 Å². The average molecular weight is 253 g/mol. The summed E-state index contributed by atoms with van der Waals surface area (Å²) in [5.41, 5.74) is -0.0921. The number of nitrogens with zero attached hydrogens (tertiary/aromatic N) is 2. The number of hydrogen-bond donors (Lipinski definition) is 2. The van der Waals surface area contributed by atoms with E-state index in [4.69, 9.17) is 5.11 Å². The second kappa shape index (κ2) is 5.20. The molecule has 0 saturated heterocycles. The molecule has 6 heteroatoms. The molecule has 1 heterocycles. The summed E-state index contributed by atoms with van der Waals surface area (Å²) in [4.78, 5) is 23.0. The Balaban J connectivity index is 2.97. The predicted octanol–water partition coefficient (Wildman–Crippen LogP) is 1.06. The zero-order valence-corrected chi connectivity index (χ0v) is 11.1. The van der Waals surface area contributed by atoms with Gasteiger partial charge in [-0.25, -0.2) is 4.79 Å². The molecule has 0 atom stereocenters. The van der Waals surface area contributed by atoms with Crippen molar-refractivity contribution in [3.05, 3.63) is 17.5 Å². The Morgan fingerprint density at radius 1 is 1.44 bits per heavy atom. The highest BCUT2D eigenvalue weighted by Crippen LogP contribution is 2.09. The first-order chi connectivity index (χ1) is 8.31. The SMILES string of the molecule is CCc1cc(C(=O)NC(C)(C)C(=O)O)n(CC)n1. The lowest BCUT2D eigenvalue weighted by molar-refractivity contribution is -0.143. The van der Waals surface area contributed by atoms with Crippen molar-refractivity contribution in [2.45, 2.75) is 46.2 Å². The lowest BCUT2D eigenvalue weighted by Gasteiger charge is -2.20. The number of aryl methyl sites for hydroxylation is 2. The van der Waals surface area contributed by atoms with E-state index in [0.717, 1.165) is 12.1 Å². The van der Waals surface area contributed by atoms with Crippen LogP contribution in [-0.2, 0) is 17.8 Å². The molecule has 2 N–H and O–H groups in total. The number of hydrogen-bond acceptors (Lipinski definition) is 3. The van der Waals surface area contributed by atoms with Crippen molar-refractivity contribution >= 4 is 11.9 Å². The molecule has 1 aromatic heterocycles. The second-order valence-corrected chi connectivity index (χ2v) is 4.57. The first-order valence-corrected chi connectivity index (χ1v) is 5.94. The van der Waals surface area contributed by atoms with Crippen LogP contribution in [0.25, 0.3) is 0 Å². The maximum absolute atomic E-state index is 12.0. The standard InChI is InChI=1S/C12H19N3O3/c1-5-8-7-9(15(6-2)14-8)10(16)13-12(3,4)11(17)18/h7H,5-6H2,1-4H3,(H,13,16)(H,17,18). The Morgan fingerprint density at radius 3 is 2.50 bits per heavy atom. The average Bonchev–Trinajstić information content (AvgIpc) is 2.71. The minimum Gasteiger partial charge on any atom is -0.480 e. The van der Waals surface area contributed by atoms with Crippen LogP contribution in [0.15, 0.2) is 6.07 Å². The fraction of sp³-hybridized carbons (Fsp3) is 0.583. The topological polar surface area (TPSA) is 84.2 Å². The molecule has 0 fully saturated rings. The quantitative estimate of drug-likeness (QED) is 0.821. The van der Waals surface area contributed by atoms with Crippen LogP contribution in [0.1, 0.15) is 43.9 Å². The van der Waals surface area contributed by atoms with Crippen LogP contribution in [0.4, 0.5) is 0 Å². The zero-order chi connectivity index (χ0) is 13.9. The molecule has 0 radical (unpaired) electrons. The third-order valence-corrected chi connectivity index (χ3v) is 2.69. The lowest BCUT2D eigenvalue weighted by atomic mass is 10.1. The number of nitrogens with one attached hydrogen (secondary N) is 1. The summed E-state index contributed by atoms with van der Waals surface area (Å²) in [6.07, 6.45) is 0.732. The maximum atomic E-state index is 12.0. The van der Waals surface area contributed by atoms with Gasteiger partial charge in [-0.3, -0.25) is 9.48 Å². The van der Waals surface area contributed by atoms with Crippen molar-refractivity contribution in [1.29, 1.82) is 0 Å². The number of rotatable bonds is 5. The van der Waals surface area contributed by atoms with Crippen molar-refractivity contribution < 1.29 is 14.7 Å². The number of carbonyl (C=O) groups excluding carboxylic acids is 1. The minimum absolute atomic E-state index is 0.392. The number of carboxylic acids is 1. The monoisotopic (exact) mass is 253 g/mol. The van der Waals surface area contributed by atoms with E-state index in [-0.39, 0.29) is 0 Å². The van der Waals surface area contributed by atoms with Gasteiger partial charge in [0.2, 0.25) is 0 Å². The third-order valence-electron chi connectivity index (χ3n) is 2.69. The molecule has 0 aliphatic carbocycles. The van der Waals surface area contributed by atoms with Crippen molar-refractivity contribution in [1.82, 2.24) is 15.1 Å². The number of aromatic nitrogens is 2. The number of aliphatic carboxylic acids is 1. The zero-order valence-electron chi connectivity index (χ0n) is 11.1. The van der Waals surface area contributed by atoms with Gasteiger partial charge in [0, 0.05) is 6.54 Å². The van der Waals surface area contributed by atoms with E-state index in [1.807, 2.05) is 13.8 Å². The Morgan fingerprint density at radius 2 is 2.06 bits per heavy atom. The molecule has 18 heavy (non-hydrogen) atoms. The summed E-state index contributed by atoms with van der Waals surface area (Å²) in [5, 5.41) is 15.7. The van der Waals surface area contributed by atoms with E-state index in [9.17, 15) is 9.59 Å². The highest BCUT2D eigenvalue weighted by atomic mass is 16.4. The molecule has 0 saturated carbocycles. The molecule has 1 rings (SSSR count). The fourth-order valence-corrected chi connectivity index (χ4v) is 1.47. The summed E-state index contributed by atoms with van der Waals surface area (Å²) in [6, 6.07) is 1.69. The highest BCUT2D eigenvalue weighted by Gasteiger charge is 2.30. The Kier molecular flexibility index (Phi) is 4.11. The number of carboxylic acid groups (broad SMARTS) is 1. The second-order valence-electron chi connectivity index (χ2n) is 4.57. The van der Waals surface area contributed by atoms with Crippen LogP contribution in [0.5, 0.6) is 0 Å². The normalized spacial score (nSPS) is 11.3. The number of amides is 1. The van der Waals surface area contributed by atoms with Crippen LogP contribution >= 0.6 is 0 Å². The van der Waals surface area contributed by atoms with Gasteiger partial charge in [-0.05, 0) is 33.3 Å². The van der Waals surface area contributed by atoms with Gasteiger partial charge in [0.15, 0.2) is 0 Å². The molecule has 0 aliphatic rings. The van der Waals surface area contributed by atoms with E-state index < -0.39 is 17.4 Å². The van der Waals surface area contributed by atoms with Crippen molar-refractivity contribution in [3.8, 4) is 0 Å². The van der Waals surface area contributed by atoms with Crippen LogP contribution in [0.2, 0.25) is 0 Å². The van der Waals surface area contributed by atoms with Gasteiger partial charge in [-0.1, -0.05) is 6.92 Å². The summed E-state index contributed by atoms with van der Waals surface area (Å²) in [7, 11) is 0. The smallest absolute Gasteiger partial charge is 0.328 e. The van der Waals surface area contributed by atoms with E-state index in [1.54, 1.807) is 10.7 Å². The van der Waals surface area contributed by atoms with E-state index in [0.29, 0.717) is 12.2 Å². The summed E-state index contributed by atoms with van der Waals surface area (Å²) in [5.74, 6) is -1.49. The van der Waals surface area contributed by atoms with Crippen LogP contribution < -0.4 is 5.32 Å². The van der Waals surface area contributed by atoms with Gasteiger partial charge in [0.05, 0.1) is 5.69 Å². The largest absolute Gasteiger partial charge is 0.480 e. The molecule has 0 bridgehead atoms. The first-order valence-electron chi connectivity index (χ1n) is 5.94. The molecule has 0 spiro atoms. The Hall–Kier alpha value is -1.85. The number of carbonyl (C=O) groups is 2. The van der Waals surface area contributed by atoms with Gasteiger partial charge in [-0.15, -0.1) is 0 Å². The van der Waals surface area contributed by atoms with Crippen molar-refractivity contribution in [3.63, 3.8) is 0 Å². The third kappa shape index (κ3) is 2.88. The van der Waals surface area contributed by atoms with Crippen LogP contribution in [-0.4, -0.2) is 32.3 Å². The first kappa shape index (κ1) is 14.2. The molecule has 6 nitrogen and oxygen atoms in total. The van der Waals surface area contributed by atoms with E-state index in [2.05, 4.69) is 10.4 Å². The molecule has 0 aromatic carbocycles. The molecule has 1 aromatic rings. The van der Waals surface area contributed by atoms with Crippen LogP contribution in [0, 0.1) is 0 Å². The van der Waals surface area contributed by atoms with Gasteiger partial charge in [-0.2, -0.15) is 5.10 Å².